The zero-order chi connectivity index (χ0) is 20.4. The van der Waals surface area contributed by atoms with Gasteiger partial charge in [0.2, 0.25) is 0 Å². The topological polar surface area (TPSA) is 55.8 Å². The maximum absolute atomic E-state index is 11.5. The van der Waals surface area contributed by atoms with Gasteiger partial charge in [0, 0.05) is 18.1 Å². The SMILES string of the molecule is C=C(C[C@H](O)C[C@@H](C)[C@H]1CCC2C(O[Si](C)(C)C)CCC[C@]21C)C(=O)OC. The van der Waals surface area contributed by atoms with E-state index in [1.165, 1.54) is 39.2 Å². The molecule has 2 unspecified atom stereocenters. The first kappa shape index (κ1) is 22.6. The zero-order valence-corrected chi connectivity index (χ0v) is 19.2. The number of rotatable bonds is 8. The highest BCUT2D eigenvalue weighted by Gasteiger charge is 2.53. The number of esters is 1. The molecule has 4 nitrogen and oxygen atoms in total. The predicted octanol–water partition coefficient (Wildman–Crippen LogP) is 4.93. The summed E-state index contributed by atoms with van der Waals surface area (Å²) in [4.78, 5) is 11.5. The quantitative estimate of drug-likeness (QED) is 0.359. The lowest BCUT2D eigenvalue weighted by Gasteiger charge is -2.48. The summed E-state index contributed by atoms with van der Waals surface area (Å²) in [5, 5.41) is 10.5. The summed E-state index contributed by atoms with van der Waals surface area (Å²) in [6.07, 6.45) is 7.06. The predicted molar refractivity (Wildman–Crippen MR) is 112 cm³/mol. The van der Waals surface area contributed by atoms with E-state index in [1.54, 1.807) is 0 Å². The molecule has 1 N–H and O–H groups in total. The molecule has 156 valence electrons. The van der Waals surface area contributed by atoms with Gasteiger partial charge in [-0.3, -0.25) is 0 Å². The van der Waals surface area contributed by atoms with Gasteiger partial charge in [-0.05, 0) is 74.9 Å². The third-order valence-corrected chi connectivity index (χ3v) is 7.94. The summed E-state index contributed by atoms with van der Waals surface area (Å²) in [7, 11) is -0.188. The van der Waals surface area contributed by atoms with Crippen molar-refractivity contribution in [1.29, 1.82) is 0 Å². The average molecular weight is 397 g/mol. The number of carbonyl (C=O) groups is 1. The molecule has 0 aromatic heterocycles. The van der Waals surface area contributed by atoms with Crippen LogP contribution in [0.2, 0.25) is 19.6 Å². The number of methoxy groups -OCH3 is 1. The van der Waals surface area contributed by atoms with Crippen LogP contribution in [-0.2, 0) is 14.0 Å². The fourth-order valence-corrected chi connectivity index (χ4v) is 7.07. The molecule has 2 aliphatic rings. The number of fused-ring (bicyclic) bond motifs is 1. The van der Waals surface area contributed by atoms with Crippen molar-refractivity contribution in [2.45, 2.75) is 90.6 Å². The van der Waals surface area contributed by atoms with Gasteiger partial charge in [0.05, 0.1) is 13.2 Å². The molecule has 0 aromatic carbocycles. The molecule has 2 fully saturated rings. The van der Waals surface area contributed by atoms with Gasteiger partial charge in [-0.15, -0.1) is 0 Å². The molecule has 0 amide bonds. The molecule has 6 atom stereocenters. The van der Waals surface area contributed by atoms with E-state index < -0.39 is 20.4 Å². The van der Waals surface area contributed by atoms with Crippen LogP contribution in [0, 0.1) is 23.2 Å². The molecule has 0 aromatic rings. The Morgan fingerprint density at radius 2 is 1.96 bits per heavy atom. The molecule has 0 saturated heterocycles. The number of aliphatic hydroxyl groups is 1. The Labute approximate surface area is 166 Å². The lowest BCUT2D eigenvalue weighted by Crippen LogP contribution is -2.46. The lowest BCUT2D eigenvalue weighted by atomic mass is 9.61. The van der Waals surface area contributed by atoms with Crippen LogP contribution in [-0.4, -0.2) is 38.7 Å². The fourth-order valence-electron chi connectivity index (χ4n) is 5.88. The molecular formula is C22H40O4Si. The van der Waals surface area contributed by atoms with Crippen LogP contribution in [0.5, 0.6) is 0 Å². The van der Waals surface area contributed by atoms with Gasteiger partial charge in [-0.1, -0.05) is 26.8 Å². The molecule has 0 bridgehead atoms. The largest absolute Gasteiger partial charge is 0.466 e. The zero-order valence-electron chi connectivity index (χ0n) is 18.2. The monoisotopic (exact) mass is 396 g/mol. The Balaban J connectivity index is 2.00. The van der Waals surface area contributed by atoms with Crippen LogP contribution < -0.4 is 0 Å². The van der Waals surface area contributed by atoms with Crippen molar-refractivity contribution >= 4 is 14.3 Å². The third kappa shape index (κ3) is 5.45. The summed E-state index contributed by atoms with van der Waals surface area (Å²) in [6.45, 7) is 15.3. The van der Waals surface area contributed by atoms with Gasteiger partial charge in [-0.2, -0.15) is 0 Å². The van der Waals surface area contributed by atoms with Gasteiger partial charge in [0.25, 0.3) is 0 Å². The second-order valence-electron chi connectivity index (χ2n) is 10.1. The minimum atomic E-state index is -1.54. The van der Waals surface area contributed by atoms with Crippen LogP contribution in [0.1, 0.15) is 58.8 Å². The van der Waals surface area contributed by atoms with E-state index in [1.807, 2.05) is 0 Å². The highest BCUT2D eigenvalue weighted by molar-refractivity contribution is 6.69. The molecule has 27 heavy (non-hydrogen) atoms. The average Bonchev–Trinajstić information content (AvgIpc) is 2.90. The van der Waals surface area contributed by atoms with Crippen molar-refractivity contribution in [1.82, 2.24) is 0 Å². The first-order valence-electron chi connectivity index (χ1n) is 10.6. The molecule has 0 spiro atoms. The van der Waals surface area contributed by atoms with Crippen LogP contribution in [0.3, 0.4) is 0 Å². The Morgan fingerprint density at radius 3 is 2.56 bits per heavy atom. The van der Waals surface area contributed by atoms with Crippen LogP contribution in [0.4, 0.5) is 0 Å². The highest BCUT2D eigenvalue weighted by Crippen LogP contribution is 2.59. The number of hydrogen-bond donors (Lipinski definition) is 1. The summed E-state index contributed by atoms with van der Waals surface area (Å²) in [6, 6.07) is 0. The summed E-state index contributed by atoms with van der Waals surface area (Å²) >= 11 is 0. The minimum absolute atomic E-state index is 0.297. The Hall–Kier alpha value is -0.653. The Morgan fingerprint density at radius 1 is 1.30 bits per heavy atom. The molecule has 0 heterocycles. The van der Waals surface area contributed by atoms with Crippen LogP contribution >= 0.6 is 0 Å². The van der Waals surface area contributed by atoms with E-state index in [-0.39, 0.29) is 0 Å². The second-order valence-corrected chi connectivity index (χ2v) is 14.6. The first-order chi connectivity index (χ1) is 12.5. The molecular weight excluding hydrogens is 356 g/mol. The van der Waals surface area contributed by atoms with Gasteiger partial charge >= 0.3 is 5.97 Å². The normalized spacial score (nSPS) is 33.2. The summed E-state index contributed by atoms with van der Waals surface area (Å²) in [5.41, 5.74) is 0.662. The van der Waals surface area contributed by atoms with Crippen LogP contribution in [0.25, 0.3) is 0 Å². The van der Waals surface area contributed by atoms with Crippen molar-refractivity contribution in [3.05, 3.63) is 12.2 Å². The third-order valence-electron chi connectivity index (χ3n) is 6.93. The Bertz CT molecular complexity index is 541. The molecule has 2 rings (SSSR count). The van der Waals surface area contributed by atoms with Crippen LogP contribution in [0.15, 0.2) is 12.2 Å². The molecule has 0 radical (unpaired) electrons. The van der Waals surface area contributed by atoms with Crippen molar-refractivity contribution in [2.75, 3.05) is 7.11 Å². The van der Waals surface area contributed by atoms with Crippen molar-refractivity contribution in [3.8, 4) is 0 Å². The van der Waals surface area contributed by atoms with E-state index in [9.17, 15) is 9.90 Å². The molecule has 2 saturated carbocycles. The summed E-state index contributed by atoms with van der Waals surface area (Å²) in [5.74, 6) is 1.25. The maximum atomic E-state index is 11.5. The highest BCUT2D eigenvalue weighted by atomic mass is 28.4. The van der Waals surface area contributed by atoms with E-state index in [4.69, 9.17) is 9.16 Å². The molecule has 0 aliphatic heterocycles. The van der Waals surface area contributed by atoms with Crippen molar-refractivity contribution < 1.29 is 19.1 Å². The van der Waals surface area contributed by atoms with Gasteiger partial charge < -0.3 is 14.3 Å². The number of aliphatic hydroxyl groups excluding tert-OH is 1. The van der Waals surface area contributed by atoms with Gasteiger partial charge in [0.1, 0.15) is 0 Å². The molecule has 5 heteroatoms. The van der Waals surface area contributed by atoms with E-state index in [0.29, 0.717) is 47.7 Å². The van der Waals surface area contributed by atoms with E-state index in [0.717, 1.165) is 0 Å². The lowest BCUT2D eigenvalue weighted by molar-refractivity contribution is -0.136. The number of ether oxygens (including phenoxy) is 1. The van der Waals surface area contributed by atoms with E-state index >= 15 is 0 Å². The first-order valence-corrected chi connectivity index (χ1v) is 14.0. The van der Waals surface area contributed by atoms with E-state index in [2.05, 4.69) is 40.1 Å². The van der Waals surface area contributed by atoms with Crippen molar-refractivity contribution in [2.24, 2.45) is 23.2 Å². The fraction of sp³-hybridized carbons (Fsp3) is 0.864. The molecule has 2 aliphatic carbocycles. The Kier molecular flexibility index (Phi) is 7.37. The maximum Gasteiger partial charge on any atom is 0.333 e. The smallest absolute Gasteiger partial charge is 0.333 e. The van der Waals surface area contributed by atoms with Gasteiger partial charge in [0.15, 0.2) is 8.32 Å². The van der Waals surface area contributed by atoms with Gasteiger partial charge in [-0.25, -0.2) is 4.79 Å². The minimum Gasteiger partial charge on any atom is -0.466 e. The van der Waals surface area contributed by atoms with Crippen molar-refractivity contribution in [3.63, 3.8) is 0 Å². The number of hydrogen-bond acceptors (Lipinski definition) is 4. The second kappa shape index (κ2) is 8.79. The number of carbonyl (C=O) groups excluding carboxylic acids is 1. The standard InChI is InChI=1S/C22H40O4Si/c1-15(13-17(23)14-16(2)21(24)25-4)18-10-11-19-20(26-27(5,6)7)9-8-12-22(18,19)3/h15,17-20,23H,2,8-14H2,1,3-7H3/t15-,17-,18-,19?,20?,22+/m1/s1. The summed E-state index contributed by atoms with van der Waals surface area (Å²) < 4.78 is 11.3.